The van der Waals surface area contributed by atoms with Gasteiger partial charge in [-0.1, -0.05) is 151 Å². The van der Waals surface area contributed by atoms with Gasteiger partial charge in [-0.2, -0.15) is 0 Å². The molecule has 0 aliphatic carbocycles. The Morgan fingerprint density at radius 3 is 1.11 bits per heavy atom. The molecule has 0 saturated carbocycles. The van der Waals surface area contributed by atoms with E-state index < -0.39 is 5.97 Å². The summed E-state index contributed by atoms with van der Waals surface area (Å²) < 4.78 is 0. The van der Waals surface area contributed by atoms with Crippen LogP contribution in [0, 0.1) is 0 Å². The third-order valence-electron chi connectivity index (χ3n) is 6.42. The van der Waals surface area contributed by atoms with Crippen LogP contribution in [0.5, 0.6) is 0 Å². The number of aliphatic carboxylic acids is 1. The van der Waals surface area contributed by atoms with Crippen LogP contribution in [0.4, 0.5) is 0 Å². The zero-order valence-electron chi connectivity index (χ0n) is 23.7. The van der Waals surface area contributed by atoms with Gasteiger partial charge in [0.25, 0.3) is 0 Å². The van der Waals surface area contributed by atoms with Gasteiger partial charge in [0.15, 0.2) is 0 Å². The second-order valence-corrected chi connectivity index (χ2v) is 9.94. The molecule has 0 radical (unpaired) electrons. The normalized spacial score (nSPS) is 12.5. The molecule has 0 atom stereocenters. The van der Waals surface area contributed by atoms with Crippen molar-refractivity contribution in [2.24, 2.45) is 0 Å². The maximum Gasteiger partial charge on any atom is 0.303 e. The van der Waals surface area contributed by atoms with Gasteiger partial charge in [-0.05, 0) is 51.4 Å². The summed E-state index contributed by atoms with van der Waals surface area (Å²) in [6.07, 6.45) is 49.1. The predicted octanol–water partition coefficient (Wildman–Crippen LogP) is 11.5. The monoisotopic (exact) mass is 498 g/mol. The lowest BCUT2D eigenvalue weighted by molar-refractivity contribution is -0.137. The van der Waals surface area contributed by atoms with E-state index in [9.17, 15) is 4.79 Å². The summed E-state index contributed by atoms with van der Waals surface area (Å²) in [5.41, 5.74) is 0. The molecule has 0 aromatic heterocycles. The van der Waals surface area contributed by atoms with Crippen LogP contribution in [0.1, 0.15) is 148 Å². The molecule has 0 aliphatic heterocycles. The fraction of sp³-hybridized carbons (Fsp3) is 0.676. The van der Waals surface area contributed by atoms with Gasteiger partial charge in [0.2, 0.25) is 0 Å². The van der Waals surface area contributed by atoms with E-state index in [1.54, 1.807) is 0 Å². The van der Waals surface area contributed by atoms with Gasteiger partial charge >= 0.3 is 5.97 Å². The van der Waals surface area contributed by atoms with E-state index >= 15 is 0 Å². The van der Waals surface area contributed by atoms with E-state index in [4.69, 9.17) is 5.11 Å². The molecule has 206 valence electrons. The van der Waals surface area contributed by atoms with Crippen molar-refractivity contribution in [2.45, 2.75) is 148 Å². The molecule has 0 aromatic rings. The van der Waals surface area contributed by atoms with E-state index in [-0.39, 0.29) is 0 Å². The minimum Gasteiger partial charge on any atom is -0.481 e. The van der Waals surface area contributed by atoms with E-state index in [1.165, 1.54) is 89.9 Å². The van der Waals surface area contributed by atoms with Crippen molar-refractivity contribution in [3.05, 3.63) is 60.8 Å². The molecule has 0 spiro atoms. The van der Waals surface area contributed by atoms with Crippen molar-refractivity contribution in [2.75, 3.05) is 0 Å². The lowest BCUT2D eigenvalue weighted by Crippen LogP contribution is -1.93. The molecule has 0 aliphatic rings. The summed E-state index contributed by atoms with van der Waals surface area (Å²) in [6.45, 7) is 2.17. The van der Waals surface area contributed by atoms with E-state index in [0.717, 1.165) is 44.9 Å². The van der Waals surface area contributed by atoms with Gasteiger partial charge in [-0.15, -0.1) is 0 Å². The van der Waals surface area contributed by atoms with Gasteiger partial charge in [-0.25, -0.2) is 0 Å². The lowest BCUT2D eigenvalue weighted by atomic mass is 10.0. The molecule has 0 unspecified atom stereocenters. The molecular weight excluding hydrogens is 440 g/mol. The summed E-state index contributed by atoms with van der Waals surface area (Å²) in [6, 6.07) is 0. The Bertz CT molecular complexity index is 594. The summed E-state index contributed by atoms with van der Waals surface area (Å²) in [5.74, 6) is -0.656. The first-order chi connectivity index (χ1) is 17.8. The average molecular weight is 499 g/mol. The molecule has 0 fully saturated rings. The molecular formula is C34H58O2. The Morgan fingerprint density at radius 2 is 0.750 bits per heavy atom. The maximum absolute atomic E-state index is 10.5. The first kappa shape index (κ1) is 34.2. The first-order valence-corrected chi connectivity index (χ1v) is 15.2. The maximum atomic E-state index is 10.5. The largest absolute Gasteiger partial charge is 0.481 e. The fourth-order valence-electron chi connectivity index (χ4n) is 4.21. The molecule has 0 aromatic carbocycles. The molecule has 0 heterocycles. The highest BCUT2D eigenvalue weighted by Crippen LogP contribution is 2.14. The van der Waals surface area contributed by atoms with Gasteiger partial charge in [-0.3, -0.25) is 4.79 Å². The Morgan fingerprint density at radius 1 is 0.444 bits per heavy atom. The number of hydrogen-bond acceptors (Lipinski definition) is 1. The first-order valence-electron chi connectivity index (χ1n) is 15.2. The topological polar surface area (TPSA) is 37.3 Å². The number of hydrogen-bond donors (Lipinski definition) is 1. The predicted molar refractivity (Wildman–Crippen MR) is 161 cm³/mol. The van der Waals surface area contributed by atoms with Gasteiger partial charge in [0.05, 0.1) is 0 Å². The van der Waals surface area contributed by atoms with E-state index in [1.807, 2.05) is 0 Å². The zero-order valence-corrected chi connectivity index (χ0v) is 23.7. The van der Waals surface area contributed by atoms with Crippen LogP contribution in [-0.4, -0.2) is 11.1 Å². The van der Waals surface area contributed by atoms with Crippen LogP contribution < -0.4 is 0 Å². The van der Waals surface area contributed by atoms with Crippen molar-refractivity contribution >= 4 is 5.97 Å². The Hall–Kier alpha value is -1.83. The Labute approximate surface area is 224 Å². The number of carboxylic acid groups (broad SMARTS) is 1. The van der Waals surface area contributed by atoms with Crippen LogP contribution in [0.3, 0.4) is 0 Å². The lowest BCUT2D eigenvalue weighted by Gasteiger charge is -2.03. The van der Waals surface area contributed by atoms with Gasteiger partial charge < -0.3 is 5.11 Å². The minimum absolute atomic E-state index is 0.338. The van der Waals surface area contributed by atoms with Gasteiger partial charge in [0.1, 0.15) is 0 Å². The highest BCUT2D eigenvalue weighted by molar-refractivity contribution is 5.66. The Kier molecular flexibility index (Phi) is 29.6. The molecule has 2 nitrogen and oxygen atoms in total. The Balaban J connectivity index is 3.25. The second kappa shape index (κ2) is 31.2. The summed E-state index contributed by atoms with van der Waals surface area (Å²) in [5, 5.41) is 8.61. The van der Waals surface area contributed by atoms with Crippen LogP contribution in [0.15, 0.2) is 60.8 Å². The SMILES string of the molecule is CCC=CCC=CCC=CCC=CC/C=C\CCCCCCCCCCCCCCCCCC(=O)O. The summed E-state index contributed by atoms with van der Waals surface area (Å²) in [7, 11) is 0. The molecule has 36 heavy (non-hydrogen) atoms. The standard InChI is InChI=1S/C34H58O2/c1-2-3-4-5-6-7-8-9-10-11-12-13-14-15-16-17-18-19-20-21-22-23-24-25-26-27-28-29-30-31-32-33-34(35)36/h3-4,6-7,9-10,12-13,15-16H,2,5,8,11,14,17-33H2,1H3,(H,35,36)/b4-3?,7-6?,10-9?,13-12?,16-15-. The molecule has 0 saturated heterocycles. The quantitative estimate of drug-likeness (QED) is 0.0903. The smallest absolute Gasteiger partial charge is 0.303 e. The van der Waals surface area contributed by atoms with Crippen molar-refractivity contribution < 1.29 is 9.90 Å². The number of allylic oxidation sites excluding steroid dienone is 10. The number of carboxylic acids is 1. The molecule has 2 heteroatoms. The van der Waals surface area contributed by atoms with Crippen LogP contribution in [0.25, 0.3) is 0 Å². The van der Waals surface area contributed by atoms with E-state index in [2.05, 4.69) is 67.7 Å². The van der Waals surface area contributed by atoms with Crippen LogP contribution in [0.2, 0.25) is 0 Å². The van der Waals surface area contributed by atoms with Crippen LogP contribution >= 0.6 is 0 Å². The molecule has 0 bridgehead atoms. The van der Waals surface area contributed by atoms with Crippen molar-refractivity contribution in [3.8, 4) is 0 Å². The van der Waals surface area contributed by atoms with Gasteiger partial charge in [0, 0.05) is 6.42 Å². The summed E-state index contributed by atoms with van der Waals surface area (Å²) in [4.78, 5) is 10.5. The summed E-state index contributed by atoms with van der Waals surface area (Å²) >= 11 is 0. The third kappa shape index (κ3) is 32.2. The van der Waals surface area contributed by atoms with Crippen molar-refractivity contribution in [1.82, 2.24) is 0 Å². The van der Waals surface area contributed by atoms with E-state index in [0.29, 0.717) is 6.42 Å². The third-order valence-corrected chi connectivity index (χ3v) is 6.42. The number of rotatable bonds is 27. The minimum atomic E-state index is -0.656. The van der Waals surface area contributed by atoms with Crippen molar-refractivity contribution in [1.29, 1.82) is 0 Å². The average Bonchev–Trinajstić information content (AvgIpc) is 2.87. The molecule has 0 rings (SSSR count). The second-order valence-electron chi connectivity index (χ2n) is 9.94. The van der Waals surface area contributed by atoms with Crippen LogP contribution in [-0.2, 0) is 4.79 Å². The zero-order chi connectivity index (χ0) is 26.2. The highest BCUT2D eigenvalue weighted by atomic mass is 16.4. The molecule has 1 N–H and O–H groups in total. The fourth-order valence-corrected chi connectivity index (χ4v) is 4.21. The molecule has 0 amide bonds. The number of unbranched alkanes of at least 4 members (excludes halogenated alkanes) is 15. The highest BCUT2D eigenvalue weighted by Gasteiger charge is 1.97. The van der Waals surface area contributed by atoms with Crippen molar-refractivity contribution in [3.63, 3.8) is 0 Å². The number of carbonyl (C=O) groups is 1.